The second-order valence-electron chi connectivity index (χ2n) is 4.69. The second-order valence-corrected chi connectivity index (χ2v) is 4.96. The van der Waals surface area contributed by atoms with E-state index in [9.17, 15) is 4.79 Å². The number of likely N-dealkylation sites (tertiary alicyclic amines) is 1. The van der Waals surface area contributed by atoms with Gasteiger partial charge >= 0.3 is 0 Å². The van der Waals surface area contributed by atoms with Gasteiger partial charge in [0.15, 0.2) is 5.60 Å². The average molecular weight is 229 g/mol. The predicted octanol–water partition coefficient (Wildman–Crippen LogP) is 0.993. The lowest BCUT2D eigenvalue weighted by Gasteiger charge is -2.45. The number of hydrogen-bond donors (Lipinski definition) is 0. The van der Waals surface area contributed by atoms with Gasteiger partial charge in [0, 0.05) is 12.3 Å². The van der Waals surface area contributed by atoms with E-state index in [0.29, 0.717) is 19.0 Å². The lowest BCUT2D eigenvalue weighted by atomic mass is 9.88. The van der Waals surface area contributed by atoms with Crippen molar-refractivity contribution in [2.24, 2.45) is 11.1 Å². The normalized spacial score (nSPS) is 27.3. The highest BCUT2D eigenvalue weighted by Crippen LogP contribution is 2.41. The molecule has 0 aromatic heterocycles. The van der Waals surface area contributed by atoms with E-state index in [1.54, 1.807) is 4.90 Å². The van der Waals surface area contributed by atoms with Crippen molar-refractivity contribution in [2.75, 3.05) is 19.0 Å². The summed E-state index contributed by atoms with van der Waals surface area (Å²) < 4.78 is 0. The van der Waals surface area contributed by atoms with E-state index in [2.05, 4.69) is 5.16 Å². The summed E-state index contributed by atoms with van der Waals surface area (Å²) in [7, 11) is 0. The first-order valence-electron chi connectivity index (χ1n) is 5.31. The fourth-order valence-corrected chi connectivity index (χ4v) is 2.43. The van der Waals surface area contributed by atoms with Crippen molar-refractivity contribution in [1.29, 1.82) is 0 Å². The fourth-order valence-electron chi connectivity index (χ4n) is 2.27. The summed E-state index contributed by atoms with van der Waals surface area (Å²) in [4.78, 5) is 18.5. The third-order valence-corrected chi connectivity index (χ3v) is 3.56. The van der Waals surface area contributed by atoms with Crippen LogP contribution in [0.5, 0.6) is 0 Å². The standard InChI is InChI=1S/C10H13ClN2O2/c11-4-9(14)13-5-10(6-13)3-8(12-15-10)7-1-2-7/h7H,1-6H2. The molecule has 1 saturated heterocycles. The smallest absolute Gasteiger partial charge is 0.237 e. The molecular formula is C10H13ClN2O2. The molecule has 5 heteroatoms. The summed E-state index contributed by atoms with van der Waals surface area (Å²) in [5.41, 5.74) is 1.01. The molecular weight excluding hydrogens is 216 g/mol. The van der Waals surface area contributed by atoms with Crippen LogP contribution in [0.3, 0.4) is 0 Å². The van der Waals surface area contributed by atoms with Crippen LogP contribution in [-0.4, -0.2) is 41.1 Å². The van der Waals surface area contributed by atoms with Crippen molar-refractivity contribution in [3.8, 4) is 0 Å². The van der Waals surface area contributed by atoms with E-state index in [0.717, 1.165) is 6.42 Å². The summed E-state index contributed by atoms with van der Waals surface area (Å²) in [6, 6.07) is 0. The molecule has 0 radical (unpaired) electrons. The fraction of sp³-hybridized carbons (Fsp3) is 0.800. The van der Waals surface area contributed by atoms with E-state index in [1.807, 2.05) is 0 Å². The summed E-state index contributed by atoms with van der Waals surface area (Å²) in [6.45, 7) is 1.30. The number of hydrogen-bond acceptors (Lipinski definition) is 3. The Morgan fingerprint density at radius 2 is 2.33 bits per heavy atom. The van der Waals surface area contributed by atoms with Crippen molar-refractivity contribution < 1.29 is 9.63 Å². The molecule has 0 aromatic rings. The van der Waals surface area contributed by atoms with Gasteiger partial charge in [-0.2, -0.15) is 0 Å². The Morgan fingerprint density at radius 3 is 2.93 bits per heavy atom. The first kappa shape index (κ1) is 9.46. The molecule has 2 aliphatic heterocycles. The minimum atomic E-state index is -0.195. The van der Waals surface area contributed by atoms with Crippen LogP contribution < -0.4 is 0 Å². The van der Waals surface area contributed by atoms with Crippen molar-refractivity contribution >= 4 is 23.2 Å². The molecule has 0 bridgehead atoms. The van der Waals surface area contributed by atoms with E-state index in [4.69, 9.17) is 16.4 Å². The number of nitrogens with zero attached hydrogens (tertiary/aromatic N) is 2. The average Bonchev–Trinajstić information content (AvgIpc) is 2.94. The van der Waals surface area contributed by atoms with E-state index in [-0.39, 0.29) is 17.4 Å². The van der Waals surface area contributed by atoms with Gasteiger partial charge in [0.05, 0.1) is 18.8 Å². The van der Waals surface area contributed by atoms with Crippen LogP contribution in [0.1, 0.15) is 19.3 Å². The van der Waals surface area contributed by atoms with Gasteiger partial charge in [-0.3, -0.25) is 4.79 Å². The maximum Gasteiger partial charge on any atom is 0.237 e. The molecule has 0 atom stereocenters. The number of oxime groups is 1. The first-order chi connectivity index (χ1) is 7.22. The molecule has 2 fully saturated rings. The Hall–Kier alpha value is -0.770. The summed E-state index contributed by atoms with van der Waals surface area (Å²) in [5.74, 6) is 0.722. The zero-order valence-corrected chi connectivity index (χ0v) is 9.16. The summed E-state index contributed by atoms with van der Waals surface area (Å²) in [5, 5.41) is 4.14. The van der Waals surface area contributed by atoms with Crippen LogP contribution in [-0.2, 0) is 9.63 Å². The number of carbonyl (C=O) groups is 1. The van der Waals surface area contributed by atoms with Crippen molar-refractivity contribution in [1.82, 2.24) is 4.90 Å². The second kappa shape index (κ2) is 3.11. The third-order valence-electron chi connectivity index (χ3n) is 3.33. The van der Waals surface area contributed by atoms with Crippen molar-refractivity contribution in [3.63, 3.8) is 0 Å². The van der Waals surface area contributed by atoms with E-state index in [1.165, 1.54) is 18.6 Å². The molecule has 3 aliphatic rings. The molecule has 2 heterocycles. The number of carbonyl (C=O) groups excluding carboxylic acids is 1. The van der Waals surface area contributed by atoms with Gasteiger partial charge in [-0.25, -0.2) is 0 Å². The maximum atomic E-state index is 11.3. The SMILES string of the molecule is O=C(CCl)N1CC2(CC(C3CC3)=NO2)C1. The highest BCUT2D eigenvalue weighted by atomic mass is 35.5. The van der Waals surface area contributed by atoms with Gasteiger partial charge < -0.3 is 9.74 Å². The van der Waals surface area contributed by atoms with Crippen LogP contribution in [0.15, 0.2) is 5.16 Å². The van der Waals surface area contributed by atoms with Crippen LogP contribution in [0.25, 0.3) is 0 Å². The molecule has 3 rings (SSSR count). The largest absolute Gasteiger partial charge is 0.385 e. The zero-order valence-electron chi connectivity index (χ0n) is 8.41. The minimum absolute atomic E-state index is 0.00855. The highest BCUT2D eigenvalue weighted by Gasteiger charge is 2.53. The van der Waals surface area contributed by atoms with E-state index < -0.39 is 0 Å². The Bertz CT molecular complexity index is 332. The lowest BCUT2D eigenvalue weighted by molar-refractivity contribution is -0.159. The Balaban J connectivity index is 1.56. The highest BCUT2D eigenvalue weighted by molar-refractivity contribution is 6.27. The molecule has 82 valence electrons. The van der Waals surface area contributed by atoms with Gasteiger partial charge in [-0.05, 0) is 12.8 Å². The van der Waals surface area contributed by atoms with Crippen LogP contribution in [0, 0.1) is 5.92 Å². The maximum absolute atomic E-state index is 11.3. The van der Waals surface area contributed by atoms with Crippen LogP contribution in [0.2, 0.25) is 0 Å². The number of rotatable bonds is 2. The monoisotopic (exact) mass is 228 g/mol. The molecule has 1 aliphatic carbocycles. The molecule has 0 aromatic carbocycles. The lowest BCUT2D eigenvalue weighted by Crippen LogP contribution is -2.63. The number of amides is 1. The van der Waals surface area contributed by atoms with Gasteiger partial charge in [-0.1, -0.05) is 5.16 Å². The first-order valence-corrected chi connectivity index (χ1v) is 5.85. The molecule has 1 saturated carbocycles. The third kappa shape index (κ3) is 1.51. The molecule has 1 spiro atoms. The van der Waals surface area contributed by atoms with Crippen molar-refractivity contribution in [2.45, 2.75) is 24.9 Å². The Morgan fingerprint density at radius 1 is 1.60 bits per heavy atom. The number of alkyl halides is 1. The molecule has 0 N–H and O–H groups in total. The molecule has 15 heavy (non-hydrogen) atoms. The summed E-state index contributed by atoms with van der Waals surface area (Å²) in [6.07, 6.45) is 3.41. The van der Waals surface area contributed by atoms with Gasteiger partial charge in [0.2, 0.25) is 5.91 Å². The summed E-state index contributed by atoms with van der Waals surface area (Å²) >= 11 is 5.48. The zero-order chi connectivity index (χ0) is 10.5. The van der Waals surface area contributed by atoms with Gasteiger partial charge in [0.1, 0.15) is 5.88 Å². The van der Waals surface area contributed by atoms with E-state index >= 15 is 0 Å². The Labute approximate surface area is 93.2 Å². The molecule has 0 unspecified atom stereocenters. The minimum Gasteiger partial charge on any atom is -0.385 e. The molecule has 1 amide bonds. The molecule has 4 nitrogen and oxygen atoms in total. The van der Waals surface area contributed by atoms with Crippen LogP contribution >= 0.6 is 11.6 Å². The van der Waals surface area contributed by atoms with Crippen molar-refractivity contribution in [3.05, 3.63) is 0 Å². The number of halogens is 1. The quantitative estimate of drug-likeness (QED) is 0.662. The van der Waals surface area contributed by atoms with Crippen LogP contribution in [0.4, 0.5) is 0 Å². The topological polar surface area (TPSA) is 41.9 Å². The van der Waals surface area contributed by atoms with Gasteiger partial charge in [0.25, 0.3) is 0 Å². The van der Waals surface area contributed by atoms with Gasteiger partial charge in [-0.15, -0.1) is 11.6 Å². The predicted molar refractivity (Wildman–Crippen MR) is 55.9 cm³/mol. The Kier molecular flexibility index (Phi) is 1.96.